The molecule has 0 radical (unpaired) electrons. The minimum atomic E-state index is -3.69. The number of benzene rings is 1. The molecule has 0 fully saturated rings. The van der Waals surface area contributed by atoms with E-state index in [1.807, 2.05) is 11.9 Å². The summed E-state index contributed by atoms with van der Waals surface area (Å²) in [5.74, 6) is 0.958. The van der Waals surface area contributed by atoms with Gasteiger partial charge in [-0.05, 0) is 46.3 Å². The number of sulfonamides is 1. The van der Waals surface area contributed by atoms with Crippen molar-refractivity contribution in [2.75, 3.05) is 29.8 Å². The van der Waals surface area contributed by atoms with Crippen LogP contribution < -0.4 is 14.4 Å². The highest BCUT2D eigenvalue weighted by atomic mass is 79.9. The number of rotatable bonds is 3. The van der Waals surface area contributed by atoms with Crippen molar-refractivity contribution in [2.24, 2.45) is 0 Å². The van der Waals surface area contributed by atoms with Crippen molar-refractivity contribution < 1.29 is 13.2 Å². The van der Waals surface area contributed by atoms with Crippen LogP contribution in [-0.4, -0.2) is 33.6 Å². The first-order valence-corrected chi connectivity index (χ1v) is 8.86. The molecule has 0 aliphatic carbocycles. The monoisotopic (exact) mass is 383 g/mol. The molecule has 0 saturated heterocycles. The predicted molar refractivity (Wildman–Crippen MR) is 88.0 cm³/mol. The molecule has 3 rings (SSSR count). The summed E-state index contributed by atoms with van der Waals surface area (Å²) in [6, 6.07) is 8.12. The minimum absolute atomic E-state index is 0.174. The number of hydrogen-bond donors (Lipinski definition) is 1. The summed E-state index contributed by atoms with van der Waals surface area (Å²) < 4.78 is 33.7. The Morgan fingerprint density at radius 2 is 2.14 bits per heavy atom. The second-order valence-corrected chi connectivity index (χ2v) is 7.46. The van der Waals surface area contributed by atoms with Crippen LogP contribution in [0.5, 0.6) is 5.75 Å². The van der Waals surface area contributed by atoms with Crippen molar-refractivity contribution in [3.05, 3.63) is 41.0 Å². The maximum atomic E-state index is 12.5. The highest BCUT2D eigenvalue weighted by Gasteiger charge is 2.21. The van der Waals surface area contributed by atoms with Gasteiger partial charge in [-0.3, -0.25) is 4.72 Å². The number of likely N-dealkylation sites (N-methyl/N-ethyl adjacent to an activating group) is 1. The molecule has 1 aromatic carbocycles. The summed E-state index contributed by atoms with van der Waals surface area (Å²) >= 11 is 3.26. The number of pyridine rings is 1. The molecule has 0 spiro atoms. The third kappa shape index (κ3) is 3.02. The Kier molecular flexibility index (Phi) is 3.96. The summed E-state index contributed by atoms with van der Waals surface area (Å²) in [6.45, 7) is 1.31. The third-order valence-corrected chi connectivity index (χ3v) is 5.12. The number of halogens is 1. The van der Waals surface area contributed by atoms with E-state index in [-0.39, 0.29) is 10.7 Å². The maximum absolute atomic E-state index is 12.5. The van der Waals surface area contributed by atoms with E-state index in [4.69, 9.17) is 4.74 Å². The van der Waals surface area contributed by atoms with Gasteiger partial charge in [-0.2, -0.15) is 0 Å². The van der Waals surface area contributed by atoms with Crippen molar-refractivity contribution in [1.82, 2.24) is 4.98 Å². The van der Waals surface area contributed by atoms with Gasteiger partial charge >= 0.3 is 0 Å². The SMILES string of the molecule is CN1CCOc2ccc(S(=O)(=O)Nc3ccc(Br)cn3)cc21. The normalized spacial score (nSPS) is 14.2. The van der Waals surface area contributed by atoms with E-state index >= 15 is 0 Å². The molecule has 0 amide bonds. The molecule has 2 heterocycles. The lowest BCUT2D eigenvalue weighted by atomic mass is 10.2. The molecule has 116 valence electrons. The molecule has 6 nitrogen and oxygen atoms in total. The van der Waals surface area contributed by atoms with Crippen molar-refractivity contribution in [1.29, 1.82) is 0 Å². The third-order valence-electron chi connectivity index (χ3n) is 3.30. The highest BCUT2D eigenvalue weighted by molar-refractivity contribution is 9.10. The zero-order valence-electron chi connectivity index (χ0n) is 11.8. The molecular formula is C14H14BrN3O3S. The number of hydrogen-bond acceptors (Lipinski definition) is 5. The van der Waals surface area contributed by atoms with E-state index in [9.17, 15) is 8.42 Å². The average molecular weight is 384 g/mol. The van der Waals surface area contributed by atoms with Gasteiger partial charge in [0.25, 0.3) is 10.0 Å². The molecule has 1 N–H and O–H groups in total. The fraction of sp³-hybridized carbons (Fsp3) is 0.214. The Labute approximate surface area is 137 Å². The van der Waals surface area contributed by atoms with Gasteiger partial charge in [0, 0.05) is 17.7 Å². The topological polar surface area (TPSA) is 71.5 Å². The molecule has 0 bridgehead atoms. The zero-order valence-corrected chi connectivity index (χ0v) is 14.2. The van der Waals surface area contributed by atoms with Gasteiger partial charge in [-0.25, -0.2) is 13.4 Å². The predicted octanol–water partition coefficient (Wildman–Crippen LogP) is 2.47. The molecule has 0 atom stereocenters. The van der Waals surface area contributed by atoms with Gasteiger partial charge in [0.15, 0.2) is 0 Å². The summed E-state index contributed by atoms with van der Waals surface area (Å²) in [5, 5.41) is 0. The minimum Gasteiger partial charge on any atom is -0.490 e. The van der Waals surface area contributed by atoms with Gasteiger partial charge in [-0.1, -0.05) is 0 Å². The van der Waals surface area contributed by atoms with Crippen LogP contribution in [0.15, 0.2) is 45.9 Å². The van der Waals surface area contributed by atoms with Crippen LogP contribution in [0.25, 0.3) is 0 Å². The molecule has 2 aromatic rings. The Morgan fingerprint density at radius 1 is 1.32 bits per heavy atom. The lowest BCUT2D eigenvalue weighted by molar-refractivity contribution is 0.311. The van der Waals surface area contributed by atoms with Crippen molar-refractivity contribution >= 4 is 37.5 Å². The van der Waals surface area contributed by atoms with Gasteiger partial charge in [0.05, 0.1) is 17.1 Å². The van der Waals surface area contributed by atoms with Crippen LogP contribution in [-0.2, 0) is 10.0 Å². The van der Waals surface area contributed by atoms with Crippen molar-refractivity contribution in [2.45, 2.75) is 4.90 Å². The maximum Gasteiger partial charge on any atom is 0.263 e. The fourth-order valence-corrected chi connectivity index (χ4v) is 3.39. The smallest absolute Gasteiger partial charge is 0.263 e. The Bertz CT molecular complexity index is 793. The highest BCUT2D eigenvalue weighted by Crippen LogP contribution is 2.33. The molecule has 0 saturated carbocycles. The summed E-state index contributed by atoms with van der Waals surface area (Å²) in [4.78, 5) is 6.16. The lowest BCUT2D eigenvalue weighted by Gasteiger charge is -2.28. The summed E-state index contributed by atoms with van der Waals surface area (Å²) in [7, 11) is -1.79. The molecular weight excluding hydrogens is 370 g/mol. The number of nitrogens with zero attached hydrogens (tertiary/aromatic N) is 2. The summed E-state index contributed by atoms with van der Waals surface area (Å²) in [5.41, 5.74) is 0.762. The van der Waals surface area contributed by atoms with Crippen LogP contribution in [0.3, 0.4) is 0 Å². The zero-order chi connectivity index (χ0) is 15.7. The first kappa shape index (κ1) is 15.1. The van der Waals surface area contributed by atoms with E-state index in [0.717, 1.165) is 16.7 Å². The average Bonchev–Trinajstić information content (AvgIpc) is 2.49. The molecule has 22 heavy (non-hydrogen) atoms. The number of ether oxygens (including phenoxy) is 1. The second kappa shape index (κ2) is 5.77. The van der Waals surface area contributed by atoms with Crippen molar-refractivity contribution in [3.63, 3.8) is 0 Å². The van der Waals surface area contributed by atoms with E-state index in [2.05, 4.69) is 25.6 Å². The number of anilines is 2. The fourth-order valence-electron chi connectivity index (χ4n) is 2.13. The van der Waals surface area contributed by atoms with Crippen LogP contribution in [0.2, 0.25) is 0 Å². The second-order valence-electron chi connectivity index (χ2n) is 4.87. The Hall–Kier alpha value is -1.80. The van der Waals surface area contributed by atoms with Gasteiger partial charge in [0.1, 0.15) is 18.2 Å². The first-order valence-electron chi connectivity index (χ1n) is 6.58. The molecule has 1 aromatic heterocycles. The van der Waals surface area contributed by atoms with Crippen molar-refractivity contribution in [3.8, 4) is 5.75 Å². The van der Waals surface area contributed by atoms with E-state index in [0.29, 0.717) is 12.4 Å². The van der Waals surface area contributed by atoms with Crippen LogP contribution in [0, 0.1) is 0 Å². The Morgan fingerprint density at radius 3 is 2.86 bits per heavy atom. The lowest BCUT2D eigenvalue weighted by Crippen LogP contribution is -2.29. The number of nitrogens with one attached hydrogen (secondary N) is 1. The standard InChI is InChI=1S/C14H14BrN3O3S/c1-18-6-7-21-13-4-3-11(8-12(13)18)22(19,20)17-14-5-2-10(15)9-16-14/h2-5,8-9H,6-7H2,1H3,(H,16,17). The molecule has 1 aliphatic rings. The van der Waals surface area contributed by atoms with E-state index in [1.54, 1.807) is 24.3 Å². The van der Waals surface area contributed by atoms with Crippen LogP contribution in [0.4, 0.5) is 11.5 Å². The van der Waals surface area contributed by atoms with Gasteiger partial charge < -0.3 is 9.64 Å². The molecule has 8 heteroatoms. The van der Waals surface area contributed by atoms with Crippen LogP contribution >= 0.6 is 15.9 Å². The van der Waals surface area contributed by atoms with E-state index in [1.165, 1.54) is 12.3 Å². The Balaban J connectivity index is 1.92. The largest absolute Gasteiger partial charge is 0.490 e. The molecule has 0 unspecified atom stereocenters. The molecule has 1 aliphatic heterocycles. The number of fused-ring (bicyclic) bond motifs is 1. The van der Waals surface area contributed by atoms with Crippen LogP contribution in [0.1, 0.15) is 0 Å². The quantitative estimate of drug-likeness (QED) is 0.881. The first-order chi connectivity index (χ1) is 10.5. The van der Waals surface area contributed by atoms with E-state index < -0.39 is 10.0 Å². The number of aromatic nitrogens is 1. The van der Waals surface area contributed by atoms with Gasteiger partial charge in [0.2, 0.25) is 0 Å². The summed E-state index contributed by atoms with van der Waals surface area (Å²) in [6.07, 6.45) is 1.53. The van der Waals surface area contributed by atoms with Gasteiger partial charge in [-0.15, -0.1) is 0 Å².